The molecule has 0 bridgehead atoms. The van der Waals surface area contributed by atoms with E-state index in [1.165, 1.54) is 6.92 Å². The lowest BCUT2D eigenvalue weighted by Gasteiger charge is -2.06. The summed E-state index contributed by atoms with van der Waals surface area (Å²) in [5.74, 6) is -0.0191. The number of rotatable bonds is 3. The zero-order valence-electron chi connectivity index (χ0n) is 8.03. The highest BCUT2D eigenvalue weighted by Gasteiger charge is 2.08. The molecule has 0 aromatic heterocycles. The summed E-state index contributed by atoms with van der Waals surface area (Å²) in [5, 5.41) is 8.57. The number of ketones is 1. The first kappa shape index (κ1) is 10.4. The van der Waals surface area contributed by atoms with Crippen LogP contribution in [0.15, 0.2) is 24.3 Å². The van der Waals surface area contributed by atoms with Crippen LogP contribution in [0.5, 0.6) is 0 Å². The molecule has 72 valence electrons. The summed E-state index contributed by atoms with van der Waals surface area (Å²) in [6.07, 6.45) is 0.529. The topological polar surface area (TPSA) is 66.9 Å². The monoisotopic (exact) mass is 188 g/mol. The second-order valence-electron chi connectivity index (χ2n) is 3.23. The summed E-state index contributed by atoms with van der Waals surface area (Å²) in [7, 11) is 0. The quantitative estimate of drug-likeness (QED) is 0.770. The summed E-state index contributed by atoms with van der Waals surface area (Å²) < 4.78 is 0. The Kier molecular flexibility index (Phi) is 3.38. The van der Waals surface area contributed by atoms with Crippen LogP contribution in [-0.4, -0.2) is 11.8 Å². The molecule has 1 rings (SSSR count). The molecule has 3 heteroatoms. The molecule has 0 aliphatic carbocycles. The lowest BCUT2D eigenvalue weighted by Crippen LogP contribution is -2.30. The zero-order chi connectivity index (χ0) is 10.6. The van der Waals surface area contributed by atoms with Gasteiger partial charge >= 0.3 is 0 Å². The lowest BCUT2D eigenvalue weighted by atomic mass is 10.0. The minimum absolute atomic E-state index is 0.0191. The molecule has 1 aromatic carbocycles. The van der Waals surface area contributed by atoms with Crippen LogP contribution in [0.25, 0.3) is 0 Å². The van der Waals surface area contributed by atoms with Gasteiger partial charge in [-0.05, 0) is 31.0 Å². The molecule has 0 saturated carbocycles. The zero-order valence-corrected chi connectivity index (χ0v) is 8.03. The van der Waals surface area contributed by atoms with Gasteiger partial charge in [0.15, 0.2) is 0 Å². The molecule has 3 nitrogen and oxygen atoms in total. The van der Waals surface area contributed by atoms with Gasteiger partial charge in [0.2, 0.25) is 0 Å². The van der Waals surface area contributed by atoms with Gasteiger partial charge in [0, 0.05) is 0 Å². The lowest BCUT2D eigenvalue weighted by molar-refractivity contribution is -0.118. The van der Waals surface area contributed by atoms with Gasteiger partial charge in [0.1, 0.15) is 5.78 Å². The maximum absolute atomic E-state index is 10.9. The third kappa shape index (κ3) is 2.68. The summed E-state index contributed by atoms with van der Waals surface area (Å²) >= 11 is 0. The molecule has 0 aliphatic heterocycles. The van der Waals surface area contributed by atoms with Gasteiger partial charge in [-0.15, -0.1) is 0 Å². The van der Waals surface area contributed by atoms with Crippen molar-refractivity contribution in [1.82, 2.24) is 0 Å². The molecule has 0 fully saturated rings. The van der Waals surface area contributed by atoms with Crippen LogP contribution in [-0.2, 0) is 11.2 Å². The Labute approximate surface area is 83.2 Å². The number of hydrogen-bond donors (Lipinski definition) is 1. The van der Waals surface area contributed by atoms with Crippen LogP contribution in [0, 0.1) is 11.3 Å². The van der Waals surface area contributed by atoms with Crippen molar-refractivity contribution in [2.45, 2.75) is 19.4 Å². The van der Waals surface area contributed by atoms with Crippen molar-refractivity contribution in [2.75, 3.05) is 0 Å². The van der Waals surface area contributed by atoms with E-state index in [-0.39, 0.29) is 5.78 Å². The Hall–Kier alpha value is -1.66. The van der Waals surface area contributed by atoms with Crippen LogP contribution in [0.4, 0.5) is 0 Å². The minimum Gasteiger partial charge on any atom is -0.321 e. The van der Waals surface area contributed by atoms with Crippen LogP contribution in [0.1, 0.15) is 18.1 Å². The highest BCUT2D eigenvalue weighted by molar-refractivity contribution is 5.81. The molecule has 0 saturated heterocycles. The maximum Gasteiger partial charge on any atom is 0.146 e. The third-order valence-electron chi connectivity index (χ3n) is 2.06. The van der Waals surface area contributed by atoms with E-state index in [9.17, 15) is 4.79 Å². The molecule has 0 heterocycles. The van der Waals surface area contributed by atoms with Crippen molar-refractivity contribution >= 4 is 5.78 Å². The predicted octanol–water partition coefficient (Wildman–Crippen LogP) is 1.02. The second kappa shape index (κ2) is 4.54. The average Bonchev–Trinajstić information content (AvgIpc) is 2.19. The van der Waals surface area contributed by atoms with Crippen LogP contribution in [0.2, 0.25) is 0 Å². The van der Waals surface area contributed by atoms with E-state index >= 15 is 0 Å². The number of carbonyl (C=O) groups excluding carboxylic acids is 1. The Morgan fingerprint density at radius 3 is 2.50 bits per heavy atom. The fourth-order valence-corrected chi connectivity index (χ4v) is 1.11. The van der Waals surface area contributed by atoms with E-state index in [0.29, 0.717) is 12.0 Å². The Bertz CT molecular complexity index is 362. The average molecular weight is 188 g/mol. The second-order valence-corrected chi connectivity index (χ2v) is 3.23. The predicted molar refractivity (Wildman–Crippen MR) is 53.5 cm³/mol. The van der Waals surface area contributed by atoms with E-state index < -0.39 is 6.04 Å². The Morgan fingerprint density at radius 1 is 1.50 bits per heavy atom. The Balaban J connectivity index is 2.70. The van der Waals surface area contributed by atoms with Gasteiger partial charge in [0.25, 0.3) is 0 Å². The number of carbonyl (C=O) groups is 1. The first-order valence-corrected chi connectivity index (χ1v) is 4.38. The number of Topliss-reactive ketones (excluding diaryl/α,β-unsaturated/α-hetero) is 1. The van der Waals surface area contributed by atoms with Crippen molar-refractivity contribution in [3.8, 4) is 6.07 Å². The molecule has 0 spiro atoms. The summed E-state index contributed by atoms with van der Waals surface area (Å²) in [6.45, 7) is 1.48. The minimum atomic E-state index is -0.442. The number of nitrogens with two attached hydrogens (primary N) is 1. The smallest absolute Gasteiger partial charge is 0.146 e. The van der Waals surface area contributed by atoms with Crippen molar-refractivity contribution < 1.29 is 4.79 Å². The molecule has 1 atom stereocenters. The van der Waals surface area contributed by atoms with Gasteiger partial charge in [-0.3, -0.25) is 4.79 Å². The van der Waals surface area contributed by atoms with Gasteiger partial charge in [-0.25, -0.2) is 0 Å². The first-order valence-electron chi connectivity index (χ1n) is 4.38. The van der Waals surface area contributed by atoms with Crippen LogP contribution >= 0.6 is 0 Å². The fourth-order valence-electron chi connectivity index (χ4n) is 1.11. The van der Waals surface area contributed by atoms with Gasteiger partial charge in [-0.1, -0.05) is 12.1 Å². The highest BCUT2D eigenvalue weighted by atomic mass is 16.1. The van der Waals surface area contributed by atoms with Crippen molar-refractivity contribution in [3.63, 3.8) is 0 Å². The van der Waals surface area contributed by atoms with E-state index in [2.05, 4.69) is 0 Å². The first-order chi connectivity index (χ1) is 6.63. The largest absolute Gasteiger partial charge is 0.321 e. The van der Waals surface area contributed by atoms with Crippen molar-refractivity contribution in [2.24, 2.45) is 5.73 Å². The van der Waals surface area contributed by atoms with Crippen LogP contribution in [0.3, 0.4) is 0 Å². The van der Waals surface area contributed by atoms with Crippen molar-refractivity contribution in [3.05, 3.63) is 35.4 Å². The molecule has 2 N–H and O–H groups in total. The molecular formula is C11H12N2O. The molecule has 0 radical (unpaired) electrons. The van der Waals surface area contributed by atoms with Gasteiger partial charge in [-0.2, -0.15) is 5.26 Å². The van der Waals surface area contributed by atoms with Gasteiger partial charge < -0.3 is 5.73 Å². The standard InChI is InChI=1S/C11H12N2O/c1-8(14)11(13)6-9-2-4-10(7-12)5-3-9/h2-5,11H,6,13H2,1H3/t11-/m1/s1. The van der Waals surface area contributed by atoms with E-state index in [1.54, 1.807) is 12.1 Å². The summed E-state index contributed by atoms with van der Waals surface area (Å²) in [6, 6.07) is 8.68. The van der Waals surface area contributed by atoms with E-state index in [1.807, 2.05) is 18.2 Å². The van der Waals surface area contributed by atoms with Gasteiger partial charge in [0.05, 0.1) is 17.7 Å². The molecule has 1 aromatic rings. The maximum atomic E-state index is 10.9. The normalized spacial score (nSPS) is 11.8. The summed E-state index contributed by atoms with van der Waals surface area (Å²) in [5.41, 5.74) is 7.20. The van der Waals surface area contributed by atoms with Crippen LogP contribution < -0.4 is 5.73 Å². The van der Waals surface area contributed by atoms with Crippen molar-refractivity contribution in [1.29, 1.82) is 5.26 Å². The molecule has 0 unspecified atom stereocenters. The Morgan fingerprint density at radius 2 is 2.07 bits per heavy atom. The number of nitrogens with zero attached hydrogens (tertiary/aromatic N) is 1. The number of hydrogen-bond acceptors (Lipinski definition) is 3. The van der Waals surface area contributed by atoms with E-state index in [4.69, 9.17) is 11.0 Å². The fraction of sp³-hybridized carbons (Fsp3) is 0.273. The molecule has 0 amide bonds. The molecule has 0 aliphatic rings. The van der Waals surface area contributed by atoms with E-state index in [0.717, 1.165) is 5.56 Å². The third-order valence-corrected chi connectivity index (χ3v) is 2.06. The number of benzene rings is 1. The molecule has 14 heavy (non-hydrogen) atoms. The number of nitriles is 1. The molecular weight excluding hydrogens is 176 g/mol. The highest BCUT2D eigenvalue weighted by Crippen LogP contribution is 2.05. The summed E-state index contributed by atoms with van der Waals surface area (Å²) in [4.78, 5) is 10.9. The SMILES string of the molecule is CC(=O)[C@H](N)Cc1ccc(C#N)cc1.